The van der Waals surface area contributed by atoms with Gasteiger partial charge in [0.2, 0.25) is 0 Å². The zero-order valence-electron chi connectivity index (χ0n) is 7.06. The van der Waals surface area contributed by atoms with Gasteiger partial charge in [-0.3, -0.25) is 14.8 Å². The Morgan fingerprint density at radius 3 is 2.23 bits per heavy atom. The van der Waals surface area contributed by atoms with E-state index in [0.717, 1.165) is 19.3 Å². The highest BCUT2D eigenvalue weighted by atomic mass is 32.2. The third kappa shape index (κ3) is 3.29. The van der Waals surface area contributed by atoms with Crippen molar-refractivity contribution in [3.8, 4) is 0 Å². The van der Waals surface area contributed by atoms with Crippen molar-refractivity contribution in [2.75, 3.05) is 13.1 Å². The number of hydrazine groups is 1. The van der Waals surface area contributed by atoms with E-state index in [0.29, 0.717) is 13.1 Å². The number of rotatable bonds is 1. The predicted molar refractivity (Wildman–Crippen MR) is 45.5 cm³/mol. The van der Waals surface area contributed by atoms with Gasteiger partial charge in [0.1, 0.15) is 0 Å². The van der Waals surface area contributed by atoms with Gasteiger partial charge in [-0.05, 0) is 12.8 Å². The Balaban J connectivity index is 2.44. The van der Waals surface area contributed by atoms with Crippen LogP contribution in [0.1, 0.15) is 19.3 Å². The van der Waals surface area contributed by atoms with Gasteiger partial charge >= 0.3 is 15.4 Å². The van der Waals surface area contributed by atoms with E-state index < -0.39 is 15.4 Å². The molecule has 13 heavy (non-hydrogen) atoms. The molecule has 0 spiro atoms. The first-order valence-corrected chi connectivity index (χ1v) is 5.47. The Morgan fingerprint density at radius 2 is 1.77 bits per heavy atom. The summed E-state index contributed by atoms with van der Waals surface area (Å²) >= 11 is 0. The van der Waals surface area contributed by atoms with E-state index in [1.165, 1.54) is 5.01 Å². The number of hydrogen-bond acceptors (Lipinski definition) is 4. The molecule has 0 saturated carbocycles. The average molecular weight is 208 g/mol. The van der Waals surface area contributed by atoms with Crippen LogP contribution in [0.5, 0.6) is 0 Å². The molecule has 76 valence electrons. The second-order valence-corrected chi connectivity index (χ2v) is 4.24. The normalized spacial score (nSPS) is 19.8. The summed E-state index contributed by atoms with van der Waals surface area (Å²) in [5.74, 6) is 0. The Bertz CT molecular complexity index is 281. The number of carbonyl (C=O) groups is 1. The molecule has 1 amide bonds. The van der Waals surface area contributed by atoms with Crippen LogP contribution in [-0.2, 0) is 10.1 Å². The maximum atomic E-state index is 10.7. The van der Waals surface area contributed by atoms with E-state index in [4.69, 9.17) is 4.55 Å². The minimum Gasteiger partial charge on any atom is -0.278 e. The van der Waals surface area contributed by atoms with E-state index >= 15 is 0 Å². The van der Waals surface area contributed by atoms with Gasteiger partial charge in [-0.2, -0.15) is 8.42 Å². The summed E-state index contributed by atoms with van der Waals surface area (Å²) in [6.07, 6.45) is 2.93. The van der Waals surface area contributed by atoms with E-state index in [1.807, 2.05) is 0 Å². The summed E-state index contributed by atoms with van der Waals surface area (Å²) in [5, 5.41) is 0.147. The van der Waals surface area contributed by atoms with E-state index in [9.17, 15) is 13.2 Å². The summed E-state index contributed by atoms with van der Waals surface area (Å²) in [5.41, 5.74) is 2.12. The Hall–Kier alpha value is -0.660. The molecule has 6 nitrogen and oxygen atoms in total. The van der Waals surface area contributed by atoms with Crippen LogP contribution < -0.4 is 5.43 Å². The molecule has 2 N–H and O–H groups in total. The van der Waals surface area contributed by atoms with Gasteiger partial charge in [0, 0.05) is 13.1 Å². The molecule has 0 unspecified atom stereocenters. The highest BCUT2D eigenvalue weighted by Crippen LogP contribution is 2.06. The lowest BCUT2D eigenvalue weighted by atomic mass is 10.2. The molecule has 1 saturated heterocycles. The van der Waals surface area contributed by atoms with Crippen LogP contribution in [0.4, 0.5) is 4.79 Å². The van der Waals surface area contributed by atoms with Crippen molar-refractivity contribution >= 4 is 15.4 Å². The number of nitrogens with zero attached hydrogens (tertiary/aromatic N) is 1. The fourth-order valence-electron chi connectivity index (χ4n) is 1.19. The second kappa shape index (κ2) is 4.03. The summed E-state index contributed by atoms with van der Waals surface area (Å²) in [6, 6.07) is 0. The minimum atomic E-state index is -4.59. The van der Waals surface area contributed by atoms with Crippen LogP contribution in [0.3, 0.4) is 0 Å². The smallest absolute Gasteiger partial charge is 0.278 e. The summed E-state index contributed by atoms with van der Waals surface area (Å²) in [7, 11) is -4.59. The zero-order chi connectivity index (χ0) is 9.90. The fourth-order valence-corrected chi connectivity index (χ4v) is 1.44. The summed E-state index contributed by atoms with van der Waals surface area (Å²) < 4.78 is 29.0. The molecule has 1 heterocycles. The molecule has 1 aliphatic heterocycles. The van der Waals surface area contributed by atoms with E-state index in [-0.39, 0.29) is 0 Å². The Labute approximate surface area is 76.6 Å². The predicted octanol–water partition coefficient (Wildman–Crippen LogP) is -0.0153. The SMILES string of the molecule is O=C(NN1CCCCC1)S(=O)(=O)O. The number of hydrogen-bond donors (Lipinski definition) is 2. The van der Waals surface area contributed by atoms with Crippen molar-refractivity contribution in [3.05, 3.63) is 0 Å². The molecule has 0 aromatic rings. The number of carbonyl (C=O) groups excluding carboxylic acids is 1. The molecule has 0 aliphatic carbocycles. The van der Waals surface area contributed by atoms with Crippen LogP contribution >= 0.6 is 0 Å². The van der Waals surface area contributed by atoms with Crippen molar-refractivity contribution in [1.82, 2.24) is 10.4 Å². The third-order valence-corrected chi connectivity index (χ3v) is 2.40. The standard InChI is InChI=1S/C6H12N2O4S/c9-6(13(10,11)12)7-8-4-2-1-3-5-8/h1-5H2,(H,7,9)(H,10,11,12). The van der Waals surface area contributed by atoms with Gasteiger partial charge in [0.25, 0.3) is 0 Å². The van der Waals surface area contributed by atoms with Crippen molar-refractivity contribution in [2.24, 2.45) is 0 Å². The molecule has 0 aromatic carbocycles. The van der Waals surface area contributed by atoms with Crippen LogP contribution in [0.2, 0.25) is 0 Å². The molecule has 0 radical (unpaired) electrons. The zero-order valence-corrected chi connectivity index (χ0v) is 7.88. The minimum absolute atomic E-state index is 0.626. The van der Waals surface area contributed by atoms with Crippen molar-refractivity contribution in [2.45, 2.75) is 19.3 Å². The maximum absolute atomic E-state index is 10.7. The Kier molecular flexibility index (Phi) is 3.23. The Morgan fingerprint density at radius 1 is 1.23 bits per heavy atom. The number of piperidine rings is 1. The summed E-state index contributed by atoms with van der Waals surface area (Å²) in [6.45, 7) is 1.25. The van der Waals surface area contributed by atoms with E-state index in [1.54, 1.807) is 0 Å². The highest BCUT2D eigenvalue weighted by molar-refractivity contribution is 8.01. The summed E-state index contributed by atoms with van der Waals surface area (Å²) in [4.78, 5) is 10.7. The van der Waals surface area contributed by atoms with Crippen molar-refractivity contribution in [3.63, 3.8) is 0 Å². The first-order chi connectivity index (χ1) is 6.00. The third-order valence-electron chi connectivity index (χ3n) is 1.84. The molecule has 1 rings (SSSR count). The van der Waals surface area contributed by atoms with Crippen LogP contribution in [0, 0.1) is 0 Å². The lowest BCUT2D eigenvalue weighted by molar-refractivity contribution is 0.165. The topological polar surface area (TPSA) is 86.7 Å². The van der Waals surface area contributed by atoms with Gasteiger partial charge in [-0.1, -0.05) is 6.42 Å². The molecule has 7 heteroatoms. The number of amides is 1. The van der Waals surface area contributed by atoms with Gasteiger partial charge in [0.15, 0.2) is 0 Å². The van der Waals surface area contributed by atoms with Crippen molar-refractivity contribution in [1.29, 1.82) is 0 Å². The van der Waals surface area contributed by atoms with Gasteiger partial charge < -0.3 is 0 Å². The molecular formula is C6H12N2O4S. The lowest BCUT2D eigenvalue weighted by Crippen LogP contribution is -2.46. The molecule has 0 atom stereocenters. The maximum Gasteiger partial charge on any atom is 0.377 e. The molecule has 1 aliphatic rings. The van der Waals surface area contributed by atoms with Gasteiger partial charge in [-0.15, -0.1) is 0 Å². The first-order valence-electron chi connectivity index (χ1n) is 4.03. The average Bonchev–Trinajstić information content (AvgIpc) is 2.04. The van der Waals surface area contributed by atoms with Gasteiger partial charge in [0.05, 0.1) is 0 Å². The van der Waals surface area contributed by atoms with Crippen LogP contribution in [-0.4, -0.2) is 36.3 Å². The largest absolute Gasteiger partial charge is 0.377 e. The molecule has 0 bridgehead atoms. The van der Waals surface area contributed by atoms with E-state index in [2.05, 4.69) is 5.43 Å². The first kappa shape index (κ1) is 10.4. The molecular weight excluding hydrogens is 196 g/mol. The second-order valence-electron chi connectivity index (χ2n) is 2.92. The highest BCUT2D eigenvalue weighted by Gasteiger charge is 2.21. The van der Waals surface area contributed by atoms with Crippen molar-refractivity contribution < 1.29 is 17.8 Å². The van der Waals surface area contributed by atoms with Crippen LogP contribution in [0.25, 0.3) is 0 Å². The number of nitrogens with one attached hydrogen (secondary N) is 1. The monoisotopic (exact) mass is 208 g/mol. The quantitative estimate of drug-likeness (QED) is 0.591. The molecule has 1 fully saturated rings. The molecule has 0 aromatic heterocycles. The lowest BCUT2D eigenvalue weighted by Gasteiger charge is -2.25. The fraction of sp³-hybridized carbons (Fsp3) is 0.833. The van der Waals surface area contributed by atoms with Crippen LogP contribution in [0.15, 0.2) is 0 Å². The van der Waals surface area contributed by atoms with Gasteiger partial charge in [-0.25, -0.2) is 5.01 Å².